The first kappa shape index (κ1) is 19.7. The van der Waals surface area contributed by atoms with Crippen LogP contribution >= 0.6 is 11.6 Å². The molecule has 0 atom stereocenters. The van der Waals surface area contributed by atoms with Crippen molar-refractivity contribution in [2.24, 2.45) is 0 Å². The normalized spacial score (nSPS) is 14.8. The highest BCUT2D eigenvalue weighted by molar-refractivity contribution is 6.43. The van der Waals surface area contributed by atoms with Crippen LogP contribution in [-0.4, -0.2) is 24.0 Å². The number of carbonyl (C=O) groups excluding carboxylic acids is 2. The van der Waals surface area contributed by atoms with Gasteiger partial charge in [0.15, 0.2) is 11.5 Å². The number of aromatic hydroxyl groups is 1. The number of anilines is 1. The third-order valence-electron chi connectivity index (χ3n) is 4.93. The van der Waals surface area contributed by atoms with Crippen molar-refractivity contribution in [2.45, 2.75) is 6.92 Å². The number of imide groups is 1. The Bertz CT molecular complexity index is 1220. The van der Waals surface area contributed by atoms with Crippen molar-refractivity contribution in [1.82, 2.24) is 0 Å². The minimum Gasteiger partial charge on any atom is -0.503 e. The topological polar surface area (TPSA) is 66.8 Å². The smallest absolute Gasteiger partial charge is 0.265 e. The van der Waals surface area contributed by atoms with Gasteiger partial charge in [0, 0.05) is 11.1 Å². The number of amides is 2. The maximum atomic E-state index is 13.4. The summed E-state index contributed by atoms with van der Waals surface area (Å²) in [6, 6.07) is 17.3. The molecule has 0 fully saturated rings. The molecule has 1 N–H and O–H groups in total. The van der Waals surface area contributed by atoms with E-state index in [2.05, 4.69) is 0 Å². The quantitative estimate of drug-likeness (QED) is 0.474. The number of carbonyl (C=O) groups is 2. The van der Waals surface area contributed by atoms with Crippen molar-refractivity contribution in [2.75, 3.05) is 12.0 Å². The van der Waals surface area contributed by atoms with Gasteiger partial charge in [-0.2, -0.15) is 0 Å². The molecule has 0 bridgehead atoms. The number of methoxy groups -OCH3 is 1. The van der Waals surface area contributed by atoms with Gasteiger partial charge in [0.05, 0.1) is 17.8 Å². The molecule has 2 amide bonds. The largest absolute Gasteiger partial charge is 0.503 e. The van der Waals surface area contributed by atoms with E-state index < -0.39 is 5.91 Å². The molecule has 1 heterocycles. The number of hydrogen-bond acceptors (Lipinski definition) is 4. The number of phenols is 1. The highest BCUT2D eigenvalue weighted by atomic mass is 35.5. The van der Waals surface area contributed by atoms with Crippen LogP contribution in [-0.2, 0) is 4.79 Å². The van der Waals surface area contributed by atoms with E-state index in [1.54, 1.807) is 54.6 Å². The number of rotatable bonds is 3. The average Bonchev–Trinajstić information content (AvgIpc) is 2.73. The Hall–Kier alpha value is -3.57. The van der Waals surface area contributed by atoms with Gasteiger partial charge in [0.2, 0.25) is 0 Å². The number of benzene rings is 3. The molecule has 30 heavy (non-hydrogen) atoms. The van der Waals surface area contributed by atoms with E-state index in [0.29, 0.717) is 28.0 Å². The van der Waals surface area contributed by atoms with Crippen molar-refractivity contribution in [1.29, 1.82) is 0 Å². The summed E-state index contributed by atoms with van der Waals surface area (Å²) in [6.07, 6.45) is 1.64. The average molecular weight is 420 g/mol. The lowest BCUT2D eigenvalue weighted by Crippen LogP contribution is -2.41. The molecule has 0 aliphatic carbocycles. The van der Waals surface area contributed by atoms with Gasteiger partial charge in [-0.05, 0) is 60.0 Å². The second kappa shape index (κ2) is 7.69. The third-order valence-corrected chi connectivity index (χ3v) is 5.21. The number of hydrogen-bond donors (Lipinski definition) is 1. The summed E-state index contributed by atoms with van der Waals surface area (Å²) in [5.74, 6) is -0.794. The Morgan fingerprint density at radius 1 is 0.967 bits per heavy atom. The molecule has 3 aromatic rings. The Balaban J connectivity index is 1.92. The summed E-state index contributed by atoms with van der Waals surface area (Å²) in [5.41, 5.74) is 3.32. The first-order valence-electron chi connectivity index (χ1n) is 9.23. The van der Waals surface area contributed by atoms with Crippen LogP contribution in [0, 0.1) is 6.92 Å². The van der Waals surface area contributed by atoms with Gasteiger partial charge in [-0.1, -0.05) is 41.9 Å². The number of aryl methyl sites for hydroxylation is 1. The number of phenolic OH excluding ortho intramolecular Hbond substituents is 1. The number of nitrogens with zero attached hydrogens (tertiary/aromatic N) is 1. The summed E-state index contributed by atoms with van der Waals surface area (Å²) in [7, 11) is 1.42. The zero-order valence-electron chi connectivity index (χ0n) is 16.3. The molecule has 150 valence electrons. The van der Waals surface area contributed by atoms with E-state index in [4.69, 9.17) is 16.3 Å². The van der Waals surface area contributed by atoms with Crippen molar-refractivity contribution >= 4 is 40.8 Å². The van der Waals surface area contributed by atoms with Gasteiger partial charge in [-0.15, -0.1) is 0 Å². The van der Waals surface area contributed by atoms with E-state index in [1.807, 2.05) is 13.0 Å². The molecule has 0 spiro atoms. The van der Waals surface area contributed by atoms with Crippen molar-refractivity contribution in [3.05, 3.63) is 87.9 Å². The molecule has 1 aliphatic rings. The second-order valence-corrected chi connectivity index (χ2v) is 7.35. The molecule has 4 rings (SSSR count). The van der Waals surface area contributed by atoms with E-state index >= 15 is 0 Å². The molecule has 0 saturated heterocycles. The van der Waals surface area contributed by atoms with Crippen LogP contribution in [0.25, 0.3) is 11.6 Å². The number of ether oxygens (including phenoxy) is 1. The van der Waals surface area contributed by atoms with Gasteiger partial charge in [-0.25, -0.2) is 4.90 Å². The summed E-state index contributed by atoms with van der Waals surface area (Å²) in [4.78, 5) is 27.8. The molecular weight excluding hydrogens is 402 g/mol. The maximum absolute atomic E-state index is 13.4. The van der Waals surface area contributed by atoms with Crippen LogP contribution in [0.5, 0.6) is 11.5 Å². The lowest BCUT2D eigenvalue weighted by atomic mass is 9.91. The molecule has 0 aromatic heterocycles. The van der Waals surface area contributed by atoms with Gasteiger partial charge < -0.3 is 9.84 Å². The van der Waals surface area contributed by atoms with E-state index in [0.717, 1.165) is 5.56 Å². The summed E-state index contributed by atoms with van der Waals surface area (Å²) in [6.45, 7) is 1.90. The zero-order chi connectivity index (χ0) is 21.4. The number of halogens is 1. The van der Waals surface area contributed by atoms with Crippen LogP contribution in [0.3, 0.4) is 0 Å². The Morgan fingerprint density at radius 3 is 2.40 bits per heavy atom. The molecule has 6 heteroatoms. The van der Waals surface area contributed by atoms with Crippen LogP contribution in [0.15, 0.2) is 60.7 Å². The van der Waals surface area contributed by atoms with Crippen LogP contribution in [0.4, 0.5) is 5.69 Å². The van der Waals surface area contributed by atoms with E-state index in [1.165, 1.54) is 18.1 Å². The van der Waals surface area contributed by atoms with Crippen LogP contribution in [0.2, 0.25) is 5.02 Å². The van der Waals surface area contributed by atoms with Crippen molar-refractivity contribution in [3.8, 4) is 11.5 Å². The predicted octanol–water partition coefficient (Wildman–Crippen LogP) is 5.09. The fourth-order valence-corrected chi connectivity index (χ4v) is 3.71. The van der Waals surface area contributed by atoms with Crippen LogP contribution in [0.1, 0.15) is 27.0 Å². The zero-order valence-corrected chi connectivity index (χ0v) is 17.1. The molecule has 0 radical (unpaired) electrons. The highest BCUT2D eigenvalue weighted by Crippen LogP contribution is 2.38. The fraction of sp³-hybridized carbons (Fsp3) is 0.0833. The van der Waals surface area contributed by atoms with E-state index in [-0.39, 0.29) is 22.4 Å². The SMILES string of the molecule is COc1cc(/C=C2/C(=O)N(c3cccc(C)c3)C(=O)c3ccccc32)cc(Cl)c1O. The molecule has 0 saturated carbocycles. The second-order valence-electron chi connectivity index (χ2n) is 6.94. The monoisotopic (exact) mass is 419 g/mol. The summed E-state index contributed by atoms with van der Waals surface area (Å²) < 4.78 is 5.16. The van der Waals surface area contributed by atoms with Gasteiger partial charge in [-0.3, -0.25) is 9.59 Å². The molecule has 5 nitrogen and oxygen atoms in total. The molecule has 3 aromatic carbocycles. The first-order chi connectivity index (χ1) is 14.4. The first-order valence-corrected chi connectivity index (χ1v) is 9.61. The van der Waals surface area contributed by atoms with Gasteiger partial charge in [0.1, 0.15) is 0 Å². The molecular formula is C24H18ClNO4. The highest BCUT2D eigenvalue weighted by Gasteiger charge is 2.35. The van der Waals surface area contributed by atoms with E-state index in [9.17, 15) is 14.7 Å². The van der Waals surface area contributed by atoms with Crippen molar-refractivity contribution in [3.63, 3.8) is 0 Å². The fourth-order valence-electron chi connectivity index (χ4n) is 3.49. The van der Waals surface area contributed by atoms with Gasteiger partial charge in [0.25, 0.3) is 11.8 Å². The van der Waals surface area contributed by atoms with Crippen LogP contribution < -0.4 is 9.64 Å². The maximum Gasteiger partial charge on any atom is 0.265 e. The van der Waals surface area contributed by atoms with Crippen molar-refractivity contribution < 1.29 is 19.4 Å². The molecule has 1 aliphatic heterocycles. The predicted molar refractivity (Wildman–Crippen MR) is 117 cm³/mol. The lowest BCUT2D eigenvalue weighted by Gasteiger charge is -2.29. The minimum absolute atomic E-state index is 0.101. The third kappa shape index (κ3) is 3.33. The minimum atomic E-state index is -0.438. The summed E-state index contributed by atoms with van der Waals surface area (Å²) >= 11 is 6.11. The Kier molecular flexibility index (Phi) is 5.06. The Morgan fingerprint density at radius 2 is 1.70 bits per heavy atom. The van der Waals surface area contributed by atoms with Gasteiger partial charge >= 0.3 is 0 Å². The lowest BCUT2D eigenvalue weighted by molar-refractivity contribution is -0.112. The summed E-state index contributed by atoms with van der Waals surface area (Å²) in [5, 5.41) is 10.1. The Labute approximate surface area is 178 Å². The molecule has 0 unspecified atom stereocenters. The number of fused-ring (bicyclic) bond motifs is 1. The standard InChI is InChI=1S/C24H18ClNO4/c1-14-6-5-7-16(10-14)26-23(28)18-9-4-3-8-17(18)19(24(26)29)11-15-12-20(25)22(27)21(13-15)30-2/h3-13,27H,1-2H3/b19-11+.